The van der Waals surface area contributed by atoms with Gasteiger partial charge in [-0.3, -0.25) is 0 Å². The van der Waals surface area contributed by atoms with Crippen LogP contribution in [0.5, 0.6) is 0 Å². The zero-order chi connectivity index (χ0) is 13.2. The summed E-state index contributed by atoms with van der Waals surface area (Å²) in [6, 6.07) is 15.1. The van der Waals surface area contributed by atoms with Gasteiger partial charge >= 0.3 is 0 Å². The van der Waals surface area contributed by atoms with Crippen molar-refractivity contribution in [2.75, 3.05) is 11.5 Å². The Morgan fingerprint density at radius 2 is 1.53 bits per heavy atom. The van der Waals surface area contributed by atoms with E-state index >= 15 is 0 Å². The molecule has 0 unspecified atom stereocenters. The molecule has 0 spiro atoms. The minimum atomic E-state index is 0.527. The van der Waals surface area contributed by atoms with Gasteiger partial charge in [0.1, 0.15) is 6.33 Å². The zero-order valence-electron chi connectivity index (χ0n) is 10.2. The average Bonchev–Trinajstić information content (AvgIpc) is 2.89. The largest absolute Gasteiger partial charge is 0.398 e. The summed E-state index contributed by atoms with van der Waals surface area (Å²) >= 11 is 0. The van der Waals surface area contributed by atoms with Crippen LogP contribution in [0.3, 0.4) is 0 Å². The van der Waals surface area contributed by atoms with Gasteiger partial charge in [-0.05, 0) is 24.3 Å². The van der Waals surface area contributed by atoms with Crippen LogP contribution in [0.15, 0.2) is 54.9 Å². The van der Waals surface area contributed by atoms with Gasteiger partial charge < -0.3 is 11.5 Å². The van der Waals surface area contributed by atoms with Crippen molar-refractivity contribution in [3.05, 3.63) is 54.9 Å². The fourth-order valence-corrected chi connectivity index (χ4v) is 1.93. The number of benzene rings is 2. The van der Waals surface area contributed by atoms with Crippen LogP contribution >= 0.6 is 0 Å². The Morgan fingerprint density at radius 3 is 2.21 bits per heavy atom. The standard InChI is InChI=1S/C14H13N5/c15-11-7-4-8-12(16)13(11)14-17-9-19(18-14)10-5-2-1-3-6-10/h1-9H,15-16H2. The molecule has 5 heteroatoms. The monoisotopic (exact) mass is 251 g/mol. The van der Waals surface area contributed by atoms with Crippen LogP contribution in [0.25, 0.3) is 17.1 Å². The third kappa shape index (κ3) is 2.01. The van der Waals surface area contributed by atoms with Gasteiger partial charge in [-0.25, -0.2) is 9.67 Å². The first-order valence-corrected chi connectivity index (χ1v) is 5.87. The van der Waals surface area contributed by atoms with Crippen molar-refractivity contribution in [1.82, 2.24) is 14.8 Å². The van der Waals surface area contributed by atoms with Gasteiger partial charge in [0.2, 0.25) is 0 Å². The minimum absolute atomic E-state index is 0.527. The van der Waals surface area contributed by atoms with E-state index in [9.17, 15) is 0 Å². The van der Waals surface area contributed by atoms with Gasteiger partial charge in [-0.1, -0.05) is 24.3 Å². The highest BCUT2D eigenvalue weighted by Crippen LogP contribution is 2.28. The molecule has 1 heterocycles. The number of rotatable bonds is 2. The van der Waals surface area contributed by atoms with E-state index in [1.54, 1.807) is 23.1 Å². The summed E-state index contributed by atoms with van der Waals surface area (Å²) in [5, 5.41) is 4.42. The molecule has 0 aliphatic carbocycles. The molecule has 0 saturated heterocycles. The molecule has 0 saturated carbocycles. The van der Waals surface area contributed by atoms with Gasteiger partial charge in [0, 0.05) is 11.4 Å². The van der Waals surface area contributed by atoms with Crippen LogP contribution < -0.4 is 11.5 Å². The second-order valence-electron chi connectivity index (χ2n) is 4.16. The molecular formula is C14H13N5. The molecule has 0 atom stereocenters. The van der Waals surface area contributed by atoms with Crippen molar-refractivity contribution in [1.29, 1.82) is 0 Å². The Morgan fingerprint density at radius 1 is 0.842 bits per heavy atom. The molecule has 3 aromatic rings. The molecule has 4 N–H and O–H groups in total. The van der Waals surface area contributed by atoms with Crippen molar-refractivity contribution in [3.63, 3.8) is 0 Å². The molecule has 5 nitrogen and oxygen atoms in total. The van der Waals surface area contributed by atoms with E-state index in [4.69, 9.17) is 11.5 Å². The summed E-state index contributed by atoms with van der Waals surface area (Å²) in [7, 11) is 0. The summed E-state index contributed by atoms with van der Waals surface area (Å²) in [4.78, 5) is 4.28. The smallest absolute Gasteiger partial charge is 0.185 e. The molecule has 3 rings (SSSR count). The van der Waals surface area contributed by atoms with Gasteiger partial charge in [-0.2, -0.15) is 0 Å². The highest BCUT2D eigenvalue weighted by Gasteiger charge is 2.11. The maximum absolute atomic E-state index is 5.93. The topological polar surface area (TPSA) is 82.8 Å². The van der Waals surface area contributed by atoms with Crippen LogP contribution in [-0.4, -0.2) is 14.8 Å². The van der Waals surface area contributed by atoms with Crippen LogP contribution in [0.2, 0.25) is 0 Å². The lowest BCUT2D eigenvalue weighted by atomic mass is 10.1. The summed E-state index contributed by atoms with van der Waals surface area (Å²) < 4.78 is 1.70. The van der Waals surface area contributed by atoms with E-state index in [2.05, 4.69) is 10.1 Å². The van der Waals surface area contributed by atoms with E-state index in [-0.39, 0.29) is 0 Å². The molecule has 19 heavy (non-hydrogen) atoms. The third-order valence-corrected chi connectivity index (χ3v) is 2.87. The van der Waals surface area contributed by atoms with Gasteiger partial charge in [0.05, 0.1) is 11.3 Å². The first-order valence-electron chi connectivity index (χ1n) is 5.87. The number of aromatic nitrogens is 3. The molecule has 0 aliphatic heterocycles. The average molecular weight is 251 g/mol. The Bertz CT molecular complexity index is 683. The molecule has 0 amide bonds. The maximum Gasteiger partial charge on any atom is 0.185 e. The second kappa shape index (κ2) is 4.45. The highest BCUT2D eigenvalue weighted by atomic mass is 15.3. The number of anilines is 2. The lowest BCUT2D eigenvalue weighted by molar-refractivity contribution is 0.882. The highest BCUT2D eigenvalue weighted by molar-refractivity contribution is 5.82. The maximum atomic E-state index is 5.93. The van der Waals surface area contributed by atoms with Crippen molar-refractivity contribution >= 4 is 11.4 Å². The Hall–Kier alpha value is -2.82. The number of para-hydroxylation sites is 1. The van der Waals surface area contributed by atoms with Crippen LogP contribution in [0, 0.1) is 0 Å². The second-order valence-corrected chi connectivity index (χ2v) is 4.16. The quantitative estimate of drug-likeness (QED) is 0.683. The zero-order valence-corrected chi connectivity index (χ0v) is 10.2. The van der Waals surface area contributed by atoms with E-state index in [0.717, 1.165) is 5.69 Å². The third-order valence-electron chi connectivity index (χ3n) is 2.87. The Labute approximate surface area is 110 Å². The minimum Gasteiger partial charge on any atom is -0.398 e. The fourth-order valence-electron chi connectivity index (χ4n) is 1.93. The SMILES string of the molecule is Nc1cccc(N)c1-c1ncn(-c2ccccc2)n1. The molecule has 2 aromatic carbocycles. The van der Waals surface area contributed by atoms with Crippen LogP contribution in [-0.2, 0) is 0 Å². The van der Waals surface area contributed by atoms with E-state index in [1.807, 2.05) is 36.4 Å². The van der Waals surface area contributed by atoms with E-state index < -0.39 is 0 Å². The molecule has 1 aromatic heterocycles. The van der Waals surface area contributed by atoms with Crippen molar-refractivity contribution in [2.45, 2.75) is 0 Å². The van der Waals surface area contributed by atoms with Crippen molar-refractivity contribution < 1.29 is 0 Å². The molecular weight excluding hydrogens is 238 g/mol. The molecule has 0 bridgehead atoms. The van der Waals surface area contributed by atoms with Gasteiger partial charge in [-0.15, -0.1) is 5.10 Å². The number of hydrogen-bond acceptors (Lipinski definition) is 4. The van der Waals surface area contributed by atoms with Gasteiger partial charge in [0.15, 0.2) is 5.82 Å². The first kappa shape index (κ1) is 11.3. The van der Waals surface area contributed by atoms with Crippen molar-refractivity contribution in [3.8, 4) is 17.1 Å². The lowest BCUT2D eigenvalue weighted by Crippen LogP contribution is -1.98. The normalized spacial score (nSPS) is 10.5. The van der Waals surface area contributed by atoms with Crippen LogP contribution in [0.4, 0.5) is 11.4 Å². The molecule has 0 radical (unpaired) electrons. The molecule has 0 fully saturated rings. The molecule has 0 aliphatic rings. The predicted molar refractivity (Wildman–Crippen MR) is 75.6 cm³/mol. The Kier molecular flexibility index (Phi) is 2.64. The first-order chi connectivity index (χ1) is 9.25. The summed E-state index contributed by atoms with van der Waals surface area (Å²) in [5.74, 6) is 0.527. The van der Waals surface area contributed by atoms with Gasteiger partial charge in [0.25, 0.3) is 0 Å². The van der Waals surface area contributed by atoms with Crippen LogP contribution in [0.1, 0.15) is 0 Å². The lowest BCUT2D eigenvalue weighted by Gasteiger charge is -2.04. The summed E-state index contributed by atoms with van der Waals surface area (Å²) in [6.07, 6.45) is 1.65. The summed E-state index contributed by atoms with van der Waals surface area (Å²) in [6.45, 7) is 0. The van der Waals surface area contributed by atoms with Crippen molar-refractivity contribution in [2.24, 2.45) is 0 Å². The number of nitrogens with two attached hydrogens (primary N) is 2. The number of nitrogen functional groups attached to an aromatic ring is 2. The summed E-state index contributed by atoms with van der Waals surface area (Å²) in [5.41, 5.74) is 14.6. The number of nitrogens with zero attached hydrogens (tertiary/aromatic N) is 3. The molecule has 94 valence electrons. The van der Waals surface area contributed by atoms with E-state index in [0.29, 0.717) is 22.8 Å². The fraction of sp³-hybridized carbons (Fsp3) is 0. The van der Waals surface area contributed by atoms with E-state index in [1.165, 1.54) is 0 Å². The predicted octanol–water partition coefficient (Wildman–Crippen LogP) is 2.10. The Balaban J connectivity index is 2.07. The number of hydrogen-bond donors (Lipinski definition) is 2.